The molecule has 4 nitrogen and oxygen atoms in total. The first kappa shape index (κ1) is 13.3. The van der Waals surface area contributed by atoms with Gasteiger partial charge in [0, 0.05) is 0 Å². The zero-order valence-electron chi connectivity index (χ0n) is 12.7. The van der Waals surface area contributed by atoms with Crippen molar-refractivity contribution in [3.05, 3.63) is 29.6 Å². The van der Waals surface area contributed by atoms with Crippen LogP contribution in [-0.2, 0) is 5.41 Å². The molecule has 20 heavy (non-hydrogen) atoms. The summed E-state index contributed by atoms with van der Waals surface area (Å²) in [5.74, 6) is 0.687. The predicted molar refractivity (Wildman–Crippen MR) is 82.6 cm³/mol. The summed E-state index contributed by atoms with van der Waals surface area (Å²) in [6.45, 7) is 6.84. The number of rotatable bonds is 4. The van der Waals surface area contributed by atoms with E-state index in [1.807, 2.05) is 4.68 Å². The van der Waals surface area contributed by atoms with E-state index < -0.39 is 0 Å². The first-order valence-electron chi connectivity index (χ1n) is 7.41. The molecule has 0 spiro atoms. The molecule has 1 heterocycles. The number of benzene rings is 1. The molecule has 1 fully saturated rings. The minimum Gasteiger partial charge on any atom is -0.200 e. The first-order chi connectivity index (χ1) is 9.53. The van der Waals surface area contributed by atoms with E-state index in [0.717, 1.165) is 12.1 Å². The van der Waals surface area contributed by atoms with Crippen LogP contribution in [0.1, 0.15) is 57.1 Å². The van der Waals surface area contributed by atoms with Crippen molar-refractivity contribution in [3.8, 4) is 5.69 Å². The van der Waals surface area contributed by atoms with Crippen LogP contribution in [0, 0.1) is 0 Å². The van der Waals surface area contributed by atoms with E-state index in [2.05, 4.69) is 56.3 Å². The second-order valence-corrected chi connectivity index (χ2v) is 6.49. The molecule has 0 amide bonds. The second kappa shape index (κ2) is 4.72. The highest BCUT2D eigenvalue weighted by atomic mass is 15.5. The fraction of sp³-hybridized carbons (Fsp3) is 0.533. The van der Waals surface area contributed by atoms with Gasteiger partial charge in [0.05, 0.1) is 5.69 Å². The molecule has 2 aromatic rings. The zero-order chi connectivity index (χ0) is 14.3. The minimum atomic E-state index is 0.176. The summed E-state index contributed by atoms with van der Waals surface area (Å²) in [4.78, 5) is 0. The molecule has 0 atom stereocenters. The van der Waals surface area contributed by atoms with Crippen LogP contribution in [0.15, 0.2) is 18.5 Å². The number of tetrazole rings is 1. The minimum absolute atomic E-state index is 0.176. The number of nitrogens with zero attached hydrogens (tertiary/aromatic N) is 4. The van der Waals surface area contributed by atoms with Crippen LogP contribution in [0.4, 0.5) is 0 Å². The van der Waals surface area contributed by atoms with E-state index in [1.54, 1.807) is 6.33 Å². The Kier molecular flexibility index (Phi) is 3.15. The van der Waals surface area contributed by atoms with Gasteiger partial charge in [-0.3, -0.25) is 0 Å². The van der Waals surface area contributed by atoms with Gasteiger partial charge in [-0.25, -0.2) is 4.68 Å². The maximum Gasteiger partial charge on any atom is 0.143 e. The van der Waals surface area contributed by atoms with Gasteiger partial charge in [0.1, 0.15) is 14.2 Å². The Morgan fingerprint density at radius 2 is 2.10 bits per heavy atom. The number of hydrogen-bond donors (Lipinski definition) is 0. The lowest BCUT2D eigenvalue weighted by molar-refractivity contribution is 0.508. The highest BCUT2D eigenvalue weighted by molar-refractivity contribution is 6.33. The summed E-state index contributed by atoms with van der Waals surface area (Å²) < 4.78 is 1.81. The molecule has 0 unspecified atom stereocenters. The smallest absolute Gasteiger partial charge is 0.143 e. The molecule has 0 N–H and O–H groups in total. The summed E-state index contributed by atoms with van der Waals surface area (Å²) in [5.41, 5.74) is 5.50. The van der Waals surface area contributed by atoms with E-state index in [9.17, 15) is 0 Å². The van der Waals surface area contributed by atoms with Crippen molar-refractivity contribution < 1.29 is 0 Å². The predicted octanol–water partition coefficient (Wildman–Crippen LogP) is 1.49. The molecular weight excluding hydrogens is 247 g/mol. The van der Waals surface area contributed by atoms with E-state index in [0.29, 0.717) is 5.92 Å². The Bertz CT molecular complexity index is 615. The Morgan fingerprint density at radius 1 is 1.35 bits per heavy atom. The van der Waals surface area contributed by atoms with Crippen LogP contribution < -0.4 is 5.46 Å². The van der Waals surface area contributed by atoms with Gasteiger partial charge in [0.2, 0.25) is 0 Å². The maximum absolute atomic E-state index is 4.09. The summed E-state index contributed by atoms with van der Waals surface area (Å²) in [6, 6.07) is 4.64. The average molecular weight is 268 g/mol. The Hall–Kier alpha value is -1.65. The Morgan fingerprint density at radius 3 is 2.65 bits per heavy atom. The van der Waals surface area contributed by atoms with E-state index in [1.165, 1.54) is 29.4 Å². The fourth-order valence-corrected chi connectivity index (χ4v) is 2.83. The quantitative estimate of drug-likeness (QED) is 0.789. The molecular formula is C15H21BN4. The molecule has 1 aliphatic rings. The monoisotopic (exact) mass is 268 g/mol. The van der Waals surface area contributed by atoms with Gasteiger partial charge >= 0.3 is 0 Å². The lowest BCUT2D eigenvalue weighted by atomic mass is 9.73. The van der Waals surface area contributed by atoms with Gasteiger partial charge in [-0.2, -0.15) is 0 Å². The fourth-order valence-electron chi connectivity index (χ4n) is 2.83. The summed E-state index contributed by atoms with van der Waals surface area (Å²) in [6.07, 6.45) is 5.38. The molecule has 5 heteroatoms. The molecule has 0 bridgehead atoms. The molecule has 1 aliphatic carbocycles. The number of hydrogen-bond acceptors (Lipinski definition) is 3. The van der Waals surface area contributed by atoms with E-state index in [-0.39, 0.29) is 5.41 Å². The van der Waals surface area contributed by atoms with Crippen molar-refractivity contribution in [1.82, 2.24) is 20.2 Å². The first-order valence-corrected chi connectivity index (χ1v) is 7.41. The average Bonchev–Trinajstić information content (AvgIpc) is 3.13. The van der Waals surface area contributed by atoms with Crippen molar-refractivity contribution in [1.29, 1.82) is 0 Å². The van der Waals surface area contributed by atoms with Gasteiger partial charge in [0.25, 0.3) is 0 Å². The lowest BCUT2D eigenvalue weighted by Gasteiger charge is -2.27. The van der Waals surface area contributed by atoms with Crippen LogP contribution in [0.25, 0.3) is 5.69 Å². The van der Waals surface area contributed by atoms with Gasteiger partial charge in [-0.05, 0) is 58.2 Å². The molecule has 0 saturated heterocycles. The van der Waals surface area contributed by atoms with Crippen LogP contribution in [0.5, 0.6) is 0 Å². The molecule has 0 aliphatic heterocycles. The van der Waals surface area contributed by atoms with E-state index >= 15 is 0 Å². The molecule has 104 valence electrons. The van der Waals surface area contributed by atoms with Crippen LogP contribution in [-0.4, -0.2) is 28.1 Å². The van der Waals surface area contributed by atoms with Gasteiger partial charge < -0.3 is 0 Å². The Labute approximate surface area is 121 Å². The van der Waals surface area contributed by atoms with Crippen molar-refractivity contribution >= 4 is 13.3 Å². The molecule has 3 rings (SSSR count). The standard InChI is InChI=1S/C15H21BN4/c1-4-15(2,3)12-8-14(20-9-17-18-19-20)11(7-13(12)16)10-5-6-10/h7-10H,4-6,16H2,1-3H3. The highest BCUT2D eigenvalue weighted by Crippen LogP contribution is 2.43. The van der Waals surface area contributed by atoms with Crippen LogP contribution in [0.2, 0.25) is 0 Å². The largest absolute Gasteiger partial charge is 0.200 e. The topological polar surface area (TPSA) is 43.6 Å². The van der Waals surface area contributed by atoms with Crippen LogP contribution >= 0.6 is 0 Å². The summed E-state index contributed by atoms with van der Waals surface area (Å²) in [7, 11) is 2.22. The summed E-state index contributed by atoms with van der Waals surface area (Å²) >= 11 is 0. The third-order valence-electron chi connectivity index (χ3n) is 4.60. The SMILES string of the molecule is Bc1cc(C2CC2)c(-n2cnnn2)cc1C(C)(C)CC. The van der Waals surface area contributed by atoms with Crippen molar-refractivity contribution in [2.75, 3.05) is 0 Å². The van der Waals surface area contributed by atoms with Crippen LogP contribution in [0.3, 0.4) is 0 Å². The molecule has 1 aromatic heterocycles. The van der Waals surface area contributed by atoms with Gasteiger partial charge in [-0.15, -0.1) is 5.10 Å². The van der Waals surface area contributed by atoms with Gasteiger partial charge in [-0.1, -0.05) is 32.3 Å². The molecule has 1 aromatic carbocycles. The third kappa shape index (κ3) is 2.25. The third-order valence-corrected chi connectivity index (χ3v) is 4.60. The zero-order valence-corrected chi connectivity index (χ0v) is 12.7. The maximum atomic E-state index is 4.09. The van der Waals surface area contributed by atoms with E-state index in [4.69, 9.17) is 0 Å². The van der Waals surface area contributed by atoms with Crippen molar-refractivity contribution in [3.63, 3.8) is 0 Å². The summed E-state index contributed by atoms with van der Waals surface area (Å²) in [5, 5.41) is 11.7. The number of aromatic nitrogens is 4. The lowest BCUT2D eigenvalue weighted by Crippen LogP contribution is -2.26. The van der Waals surface area contributed by atoms with Crippen molar-refractivity contribution in [2.24, 2.45) is 0 Å². The molecule has 0 radical (unpaired) electrons. The van der Waals surface area contributed by atoms with Crippen molar-refractivity contribution in [2.45, 2.75) is 51.4 Å². The Balaban J connectivity index is 2.17. The highest BCUT2D eigenvalue weighted by Gasteiger charge is 2.29. The molecule has 1 saturated carbocycles. The second-order valence-electron chi connectivity index (χ2n) is 6.49. The van der Waals surface area contributed by atoms with Gasteiger partial charge in [0.15, 0.2) is 0 Å². The normalized spacial score (nSPS) is 15.6.